The molecule has 0 aliphatic rings. The zero-order chi connectivity index (χ0) is 32.1. The molecule has 0 heterocycles. The van der Waals surface area contributed by atoms with Crippen LogP contribution in [0.2, 0.25) is 12.1 Å². The molecular weight excluding hydrogens is 617 g/mol. The number of esters is 2. The second-order valence-corrected chi connectivity index (χ2v) is 19.1. The highest BCUT2D eigenvalue weighted by Gasteiger charge is 2.41. The molecule has 0 fully saturated rings. The lowest BCUT2D eigenvalue weighted by atomic mass is 10.2. The SMILES string of the molecule is CCO[Si](CCCSC(C)(C)C(=O)OCCOC(=O)C(C)(C)SCCC[Si](OCC)(OCC)OCC)(OCC)OCC. The summed E-state index contributed by atoms with van der Waals surface area (Å²) in [5, 5.41) is 0. The van der Waals surface area contributed by atoms with Gasteiger partial charge in [0.2, 0.25) is 0 Å². The van der Waals surface area contributed by atoms with E-state index in [1.54, 1.807) is 0 Å². The van der Waals surface area contributed by atoms with Gasteiger partial charge in [-0.25, -0.2) is 0 Å². The van der Waals surface area contributed by atoms with E-state index in [9.17, 15) is 9.59 Å². The normalized spacial score (nSPS) is 12.9. The predicted octanol–water partition coefficient (Wildman–Crippen LogP) is 5.97. The lowest BCUT2D eigenvalue weighted by Crippen LogP contribution is -2.46. The maximum absolute atomic E-state index is 12.7. The van der Waals surface area contributed by atoms with Crippen LogP contribution in [0.4, 0.5) is 0 Å². The summed E-state index contributed by atoms with van der Waals surface area (Å²) in [6.07, 6.45) is 1.59. The minimum absolute atomic E-state index is 0.00947. The molecule has 0 atom stereocenters. The molecule has 0 spiro atoms. The van der Waals surface area contributed by atoms with E-state index in [1.807, 2.05) is 69.2 Å². The van der Waals surface area contributed by atoms with Gasteiger partial charge in [0, 0.05) is 51.7 Å². The highest BCUT2D eigenvalue weighted by atomic mass is 32.2. The van der Waals surface area contributed by atoms with Crippen molar-refractivity contribution in [3.05, 3.63) is 0 Å². The van der Waals surface area contributed by atoms with Gasteiger partial charge in [0.25, 0.3) is 0 Å². The Bertz CT molecular complexity index is 649. The van der Waals surface area contributed by atoms with Gasteiger partial charge in [0.15, 0.2) is 0 Å². The summed E-state index contributed by atoms with van der Waals surface area (Å²) in [4.78, 5) is 25.4. The van der Waals surface area contributed by atoms with Crippen LogP contribution >= 0.6 is 23.5 Å². The van der Waals surface area contributed by atoms with Gasteiger partial charge in [-0.15, -0.1) is 23.5 Å². The maximum Gasteiger partial charge on any atom is 0.500 e. The second kappa shape index (κ2) is 22.4. The van der Waals surface area contributed by atoms with Crippen molar-refractivity contribution in [3.63, 3.8) is 0 Å². The predicted molar refractivity (Wildman–Crippen MR) is 175 cm³/mol. The molecule has 0 bridgehead atoms. The van der Waals surface area contributed by atoms with Crippen LogP contribution < -0.4 is 0 Å². The summed E-state index contributed by atoms with van der Waals surface area (Å²) in [6, 6.07) is 1.39. The van der Waals surface area contributed by atoms with Crippen molar-refractivity contribution < 1.29 is 45.6 Å². The van der Waals surface area contributed by atoms with Crippen molar-refractivity contribution in [1.82, 2.24) is 0 Å². The van der Waals surface area contributed by atoms with E-state index in [-0.39, 0.29) is 25.2 Å². The third-order valence-electron chi connectivity index (χ3n) is 5.90. The van der Waals surface area contributed by atoms with Gasteiger partial charge in [0.1, 0.15) is 22.7 Å². The van der Waals surface area contributed by atoms with Gasteiger partial charge >= 0.3 is 29.5 Å². The van der Waals surface area contributed by atoms with Crippen molar-refractivity contribution in [2.75, 3.05) is 64.4 Å². The molecule has 10 nitrogen and oxygen atoms in total. The number of hydrogen-bond acceptors (Lipinski definition) is 12. The monoisotopic (exact) mass is 674 g/mol. The minimum Gasteiger partial charge on any atom is -0.461 e. The topological polar surface area (TPSA) is 108 Å². The molecule has 0 aliphatic heterocycles. The number of hydrogen-bond donors (Lipinski definition) is 0. The van der Waals surface area contributed by atoms with Crippen LogP contribution in [0.3, 0.4) is 0 Å². The molecule has 0 aromatic rings. The quantitative estimate of drug-likeness (QED) is 0.0582. The summed E-state index contributed by atoms with van der Waals surface area (Å²) in [5.74, 6) is 0.776. The second-order valence-electron chi connectivity index (χ2n) is 10.2. The highest BCUT2D eigenvalue weighted by Crippen LogP contribution is 2.30. The Hall–Kier alpha value is -0.166. The Morgan fingerprint density at radius 2 is 0.786 bits per heavy atom. The molecule has 0 aliphatic carbocycles. The number of carbonyl (C=O) groups is 2. The lowest BCUT2D eigenvalue weighted by molar-refractivity contribution is -0.154. The molecule has 0 saturated carbocycles. The van der Waals surface area contributed by atoms with Gasteiger partial charge in [-0.3, -0.25) is 9.59 Å². The lowest BCUT2D eigenvalue weighted by Gasteiger charge is -2.29. The number of rotatable bonds is 27. The first-order chi connectivity index (χ1) is 19.8. The van der Waals surface area contributed by atoms with Crippen molar-refractivity contribution in [3.8, 4) is 0 Å². The number of ether oxygens (including phenoxy) is 2. The van der Waals surface area contributed by atoms with E-state index in [4.69, 9.17) is 36.0 Å². The molecule has 0 N–H and O–H groups in total. The molecule has 14 heteroatoms. The van der Waals surface area contributed by atoms with E-state index in [2.05, 4.69) is 0 Å². The van der Waals surface area contributed by atoms with Gasteiger partial charge in [0.05, 0.1) is 0 Å². The third kappa shape index (κ3) is 16.2. The maximum atomic E-state index is 12.7. The van der Waals surface area contributed by atoms with Crippen molar-refractivity contribution in [1.29, 1.82) is 0 Å². The average Bonchev–Trinajstić information content (AvgIpc) is 2.92. The molecular formula is C28H58O10S2Si2. The van der Waals surface area contributed by atoms with Crippen LogP contribution in [-0.4, -0.2) is 103 Å². The van der Waals surface area contributed by atoms with Gasteiger partial charge in [-0.1, -0.05) is 0 Å². The molecule has 0 saturated heterocycles. The zero-order valence-electron chi connectivity index (χ0n) is 27.8. The minimum atomic E-state index is -2.70. The fourth-order valence-electron chi connectivity index (χ4n) is 3.97. The van der Waals surface area contributed by atoms with Gasteiger partial charge in [-0.05, 0) is 93.6 Å². The largest absolute Gasteiger partial charge is 0.500 e. The van der Waals surface area contributed by atoms with Crippen LogP contribution in [0.5, 0.6) is 0 Å². The fourth-order valence-corrected chi connectivity index (χ4v) is 11.7. The standard InChI is InChI=1S/C28H58O10S2Si2/c1-11-33-41(34-12-2,35-13-3)23-17-21-39-27(7,8)25(29)31-19-20-32-26(30)28(9,10)40-22-18-24-42(36-14-4,37-15-5)38-16-6/h11-24H2,1-10H3. The van der Waals surface area contributed by atoms with Gasteiger partial charge in [-0.2, -0.15) is 0 Å². The van der Waals surface area contributed by atoms with E-state index >= 15 is 0 Å². The Morgan fingerprint density at radius 1 is 0.524 bits per heavy atom. The molecule has 42 heavy (non-hydrogen) atoms. The Balaban J connectivity index is 4.55. The summed E-state index contributed by atoms with van der Waals surface area (Å²) in [7, 11) is -5.39. The van der Waals surface area contributed by atoms with Crippen LogP contribution in [0.15, 0.2) is 0 Å². The fraction of sp³-hybridized carbons (Fsp3) is 0.929. The Labute approximate surface area is 266 Å². The molecule has 0 radical (unpaired) electrons. The Kier molecular flexibility index (Phi) is 22.3. The summed E-state index contributed by atoms with van der Waals surface area (Å²) < 4.78 is 44.8. The van der Waals surface area contributed by atoms with Crippen LogP contribution in [0, 0.1) is 0 Å². The summed E-state index contributed by atoms with van der Waals surface area (Å²) in [6.45, 7) is 22.2. The molecule has 0 unspecified atom stereocenters. The smallest absolute Gasteiger partial charge is 0.461 e. The van der Waals surface area contributed by atoms with E-state index in [0.717, 1.165) is 24.3 Å². The van der Waals surface area contributed by atoms with Crippen LogP contribution in [-0.2, 0) is 45.6 Å². The van der Waals surface area contributed by atoms with Gasteiger partial charge < -0.3 is 36.0 Å². The first-order valence-corrected chi connectivity index (χ1v) is 21.1. The first-order valence-electron chi connectivity index (χ1n) is 15.3. The summed E-state index contributed by atoms with van der Waals surface area (Å²) in [5.41, 5.74) is 0. The number of carbonyl (C=O) groups excluding carboxylic acids is 2. The Morgan fingerprint density at radius 3 is 1.02 bits per heavy atom. The molecule has 0 amide bonds. The molecule has 0 aromatic heterocycles. The summed E-state index contributed by atoms with van der Waals surface area (Å²) >= 11 is 3.04. The average molecular weight is 675 g/mol. The van der Waals surface area contributed by atoms with Crippen molar-refractivity contribution in [2.24, 2.45) is 0 Å². The molecule has 0 rings (SSSR count). The molecule has 0 aromatic carbocycles. The van der Waals surface area contributed by atoms with Crippen molar-refractivity contribution >= 4 is 53.1 Å². The third-order valence-corrected chi connectivity index (χ3v) is 15.0. The van der Waals surface area contributed by atoms with Crippen molar-refractivity contribution in [2.45, 2.75) is 104 Å². The van der Waals surface area contributed by atoms with Crippen LogP contribution in [0.25, 0.3) is 0 Å². The van der Waals surface area contributed by atoms with Crippen LogP contribution in [0.1, 0.15) is 82.1 Å². The highest BCUT2D eigenvalue weighted by molar-refractivity contribution is 8.01. The van der Waals surface area contributed by atoms with E-state index < -0.39 is 27.1 Å². The molecule has 250 valence electrons. The van der Waals surface area contributed by atoms with E-state index in [0.29, 0.717) is 51.7 Å². The number of thioether (sulfide) groups is 2. The van der Waals surface area contributed by atoms with E-state index in [1.165, 1.54) is 23.5 Å². The first kappa shape index (κ1) is 41.8. The zero-order valence-corrected chi connectivity index (χ0v) is 31.4.